The molecule has 11 heteroatoms. The lowest BCUT2D eigenvalue weighted by atomic mass is 10.2. The van der Waals surface area contributed by atoms with Gasteiger partial charge in [0, 0.05) is 11.8 Å². The molecule has 0 aliphatic heterocycles. The van der Waals surface area contributed by atoms with Crippen LogP contribution in [0.5, 0.6) is 0 Å². The first-order valence-corrected chi connectivity index (χ1v) is 9.89. The molecule has 146 valence electrons. The molecule has 0 radical (unpaired) electrons. The van der Waals surface area contributed by atoms with E-state index in [2.05, 4.69) is 26.3 Å². The first-order valence-electron chi connectivity index (χ1n) is 7.62. The summed E-state index contributed by atoms with van der Waals surface area (Å²) in [7, 11) is -5.47. The van der Waals surface area contributed by atoms with E-state index >= 15 is 0 Å². The van der Waals surface area contributed by atoms with Gasteiger partial charge in [-0.3, -0.25) is 4.79 Å². The highest BCUT2D eigenvalue weighted by atomic mass is 79.9. The zero-order valence-electron chi connectivity index (χ0n) is 13.8. The van der Waals surface area contributed by atoms with Crippen molar-refractivity contribution >= 4 is 37.4 Å². The molecule has 3 rings (SSSR count). The summed E-state index contributed by atoms with van der Waals surface area (Å²) in [6.45, 7) is 0. The zero-order valence-corrected chi connectivity index (χ0v) is 16.2. The van der Waals surface area contributed by atoms with Crippen molar-refractivity contribution in [3.8, 4) is 5.69 Å². The largest absolute Gasteiger partial charge is 0.501 e. The fourth-order valence-electron chi connectivity index (χ4n) is 2.33. The van der Waals surface area contributed by atoms with Crippen molar-refractivity contribution < 1.29 is 26.4 Å². The molecule has 2 aromatic carbocycles. The number of sulfone groups is 1. The number of aromatic nitrogens is 2. The van der Waals surface area contributed by atoms with Gasteiger partial charge in [-0.15, -0.1) is 0 Å². The lowest BCUT2D eigenvalue weighted by molar-refractivity contribution is -0.0436. The van der Waals surface area contributed by atoms with E-state index in [-0.39, 0.29) is 5.56 Å². The van der Waals surface area contributed by atoms with Crippen LogP contribution in [-0.2, 0) is 9.84 Å². The molecule has 0 spiro atoms. The molecule has 1 aromatic heterocycles. The van der Waals surface area contributed by atoms with Crippen LogP contribution in [0.15, 0.2) is 70.3 Å². The summed E-state index contributed by atoms with van der Waals surface area (Å²) in [5, 5.41) is 6.77. The fraction of sp³-hybridized carbons (Fsp3) is 0.0588. The van der Waals surface area contributed by atoms with Gasteiger partial charge in [-0.25, -0.2) is 13.1 Å². The highest BCUT2D eigenvalue weighted by Crippen LogP contribution is 2.30. The van der Waals surface area contributed by atoms with Crippen LogP contribution in [0.2, 0.25) is 0 Å². The van der Waals surface area contributed by atoms with E-state index in [0.717, 1.165) is 28.7 Å². The van der Waals surface area contributed by atoms with Crippen LogP contribution in [0, 0.1) is 0 Å². The summed E-state index contributed by atoms with van der Waals surface area (Å²) in [5.74, 6) is -0.616. The summed E-state index contributed by atoms with van der Waals surface area (Å²) in [6.07, 6.45) is 3.25. The molecule has 0 bridgehead atoms. The van der Waals surface area contributed by atoms with E-state index in [4.69, 9.17) is 0 Å². The Hall–Kier alpha value is -2.66. The van der Waals surface area contributed by atoms with Gasteiger partial charge in [0.2, 0.25) is 0 Å². The van der Waals surface area contributed by atoms with Crippen LogP contribution in [0.3, 0.4) is 0 Å². The molecular formula is C17H11BrF3N3O3S. The predicted molar refractivity (Wildman–Crippen MR) is 98.9 cm³/mol. The van der Waals surface area contributed by atoms with Crippen molar-refractivity contribution in [3.63, 3.8) is 0 Å². The Morgan fingerprint density at radius 2 is 1.71 bits per heavy atom. The van der Waals surface area contributed by atoms with Crippen molar-refractivity contribution in [1.82, 2.24) is 9.78 Å². The molecule has 0 aliphatic rings. The number of hydrogen-bond donors (Lipinski definition) is 1. The number of anilines is 1. The molecule has 1 heterocycles. The molecular weight excluding hydrogens is 463 g/mol. The number of carbonyl (C=O) groups is 1. The Balaban J connectivity index is 1.85. The Kier molecular flexibility index (Phi) is 5.31. The first kappa shape index (κ1) is 20.1. The molecule has 3 aromatic rings. The normalized spacial score (nSPS) is 12.0. The van der Waals surface area contributed by atoms with Gasteiger partial charge in [0.1, 0.15) is 0 Å². The number of halogens is 4. The number of carbonyl (C=O) groups excluding carboxylic acids is 1. The molecule has 28 heavy (non-hydrogen) atoms. The maximum Gasteiger partial charge on any atom is 0.501 e. The molecule has 0 saturated carbocycles. The van der Waals surface area contributed by atoms with Gasteiger partial charge in [-0.2, -0.15) is 18.3 Å². The molecule has 0 fully saturated rings. The van der Waals surface area contributed by atoms with Crippen LogP contribution < -0.4 is 5.32 Å². The van der Waals surface area contributed by atoms with E-state index in [1.165, 1.54) is 4.68 Å². The Morgan fingerprint density at radius 3 is 2.29 bits per heavy atom. The number of nitrogens with zero attached hydrogens (tertiary/aromatic N) is 2. The highest BCUT2D eigenvalue weighted by Gasteiger charge is 2.46. The van der Waals surface area contributed by atoms with Crippen molar-refractivity contribution in [1.29, 1.82) is 0 Å². The lowest BCUT2D eigenvalue weighted by Gasteiger charge is -2.12. The van der Waals surface area contributed by atoms with Gasteiger partial charge in [0.05, 0.1) is 26.9 Å². The second-order valence-electron chi connectivity index (χ2n) is 5.55. The van der Waals surface area contributed by atoms with E-state index < -0.39 is 26.1 Å². The number of para-hydroxylation sites is 2. The molecule has 0 atom stereocenters. The van der Waals surface area contributed by atoms with E-state index in [1.807, 2.05) is 0 Å². The summed E-state index contributed by atoms with van der Waals surface area (Å²) in [5.41, 5.74) is -4.43. The predicted octanol–water partition coefficient (Wildman–Crippen LogP) is 4.18. The summed E-state index contributed by atoms with van der Waals surface area (Å²) in [4.78, 5) is 11.5. The summed E-state index contributed by atoms with van der Waals surface area (Å²) >= 11 is 3.28. The topological polar surface area (TPSA) is 81.1 Å². The number of nitrogens with one attached hydrogen (secondary N) is 1. The quantitative estimate of drug-likeness (QED) is 0.616. The second-order valence-corrected chi connectivity index (χ2v) is 8.40. The SMILES string of the molecule is O=C(Nc1ccccc1-n1cc(Br)cn1)c1ccc(S(=O)(=O)C(F)(F)F)cc1. The van der Waals surface area contributed by atoms with Crippen molar-refractivity contribution in [2.45, 2.75) is 10.4 Å². The minimum absolute atomic E-state index is 0.00225. The lowest BCUT2D eigenvalue weighted by Crippen LogP contribution is -2.23. The van der Waals surface area contributed by atoms with Crippen LogP contribution in [0.25, 0.3) is 5.69 Å². The Bertz CT molecular complexity index is 1130. The number of benzene rings is 2. The monoisotopic (exact) mass is 473 g/mol. The van der Waals surface area contributed by atoms with E-state index in [1.54, 1.807) is 36.7 Å². The highest BCUT2D eigenvalue weighted by molar-refractivity contribution is 9.10. The molecule has 6 nitrogen and oxygen atoms in total. The van der Waals surface area contributed by atoms with Gasteiger partial charge in [-0.1, -0.05) is 12.1 Å². The molecule has 0 unspecified atom stereocenters. The summed E-state index contributed by atoms with van der Waals surface area (Å²) < 4.78 is 62.8. The molecule has 1 amide bonds. The Labute approximate surface area is 166 Å². The average Bonchev–Trinajstić information content (AvgIpc) is 3.07. The van der Waals surface area contributed by atoms with Gasteiger partial charge < -0.3 is 5.32 Å². The van der Waals surface area contributed by atoms with Gasteiger partial charge in [-0.05, 0) is 52.3 Å². The van der Waals surface area contributed by atoms with Gasteiger partial charge in [0.25, 0.3) is 15.7 Å². The minimum Gasteiger partial charge on any atom is -0.320 e. The second kappa shape index (κ2) is 7.40. The fourth-order valence-corrected chi connectivity index (χ4v) is 3.37. The van der Waals surface area contributed by atoms with Crippen molar-refractivity contribution in [2.75, 3.05) is 5.32 Å². The average molecular weight is 474 g/mol. The number of rotatable bonds is 4. The van der Waals surface area contributed by atoms with Crippen molar-refractivity contribution in [2.24, 2.45) is 0 Å². The minimum atomic E-state index is -5.47. The summed E-state index contributed by atoms with van der Waals surface area (Å²) in [6, 6.07) is 10.3. The van der Waals surface area contributed by atoms with Crippen LogP contribution in [-0.4, -0.2) is 29.6 Å². The van der Waals surface area contributed by atoms with Crippen molar-refractivity contribution in [3.05, 3.63) is 71.0 Å². The smallest absolute Gasteiger partial charge is 0.320 e. The third-order valence-corrected chi connectivity index (χ3v) is 5.59. The zero-order chi connectivity index (χ0) is 20.5. The maximum atomic E-state index is 12.6. The number of amides is 1. The van der Waals surface area contributed by atoms with Crippen LogP contribution in [0.4, 0.5) is 18.9 Å². The number of alkyl halides is 3. The first-order chi connectivity index (χ1) is 13.1. The third-order valence-electron chi connectivity index (χ3n) is 3.68. The van der Waals surface area contributed by atoms with Crippen LogP contribution >= 0.6 is 15.9 Å². The standard InChI is InChI=1S/C17H11BrF3N3O3S/c18-12-9-22-24(10-12)15-4-2-1-3-14(15)23-16(25)11-5-7-13(8-6-11)28(26,27)17(19,20)21/h1-10H,(H,23,25). The van der Waals surface area contributed by atoms with Crippen LogP contribution in [0.1, 0.15) is 10.4 Å². The van der Waals surface area contributed by atoms with Gasteiger partial charge >= 0.3 is 5.51 Å². The number of hydrogen-bond acceptors (Lipinski definition) is 4. The van der Waals surface area contributed by atoms with E-state index in [0.29, 0.717) is 11.4 Å². The maximum absolute atomic E-state index is 12.6. The molecule has 0 aliphatic carbocycles. The van der Waals surface area contributed by atoms with E-state index in [9.17, 15) is 26.4 Å². The third kappa shape index (κ3) is 3.94. The van der Waals surface area contributed by atoms with Gasteiger partial charge in [0.15, 0.2) is 0 Å². The Morgan fingerprint density at radius 1 is 1.07 bits per heavy atom. The molecule has 0 saturated heterocycles. The molecule has 1 N–H and O–H groups in total.